The van der Waals surface area contributed by atoms with E-state index in [4.69, 9.17) is 4.42 Å². The molecule has 6 nitrogen and oxygen atoms in total. The number of rotatable bonds is 4. The molecule has 6 heteroatoms. The number of benzene rings is 2. The first-order valence-corrected chi connectivity index (χ1v) is 6.60. The Morgan fingerprint density at radius 3 is 2.45 bits per heavy atom. The van der Waals surface area contributed by atoms with Crippen LogP contribution in [0.25, 0.3) is 11.5 Å². The van der Waals surface area contributed by atoms with E-state index >= 15 is 0 Å². The summed E-state index contributed by atoms with van der Waals surface area (Å²) < 4.78 is 10.2. The first-order chi connectivity index (χ1) is 10.8. The van der Waals surface area contributed by atoms with Gasteiger partial charge < -0.3 is 14.5 Å². The molecule has 0 fully saturated rings. The Balaban J connectivity index is 1.74. The molecule has 1 N–H and O–H groups in total. The third-order valence-corrected chi connectivity index (χ3v) is 3.00. The Morgan fingerprint density at radius 1 is 1.05 bits per heavy atom. The van der Waals surface area contributed by atoms with Gasteiger partial charge in [-0.3, -0.25) is 0 Å². The maximum absolute atomic E-state index is 11.4. The van der Waals surface area contributed by atoms with Crippen molar-refractivity contribution in [3.63, 3.8) is 0 Å². The average Bonchev–Trinajstić information content (AvgIpc) is 3.04. The molecule has 0 spiro atoms. The summed E-state index contributed by atoms with van der Waals surface area (Å²) in [5.41, 5.74) is 2.06. The quantitative estimate of drug-likeness (QED) is 0.744. The second-order valence-electron chi connectivity index (χ2n) is 4.47. The van der Waals surface area contributed by atoms with Crippen LogP contribution in [0.1, 0.15) is 10.4 Å². The number of methoxy groups -OCH3 is 1. The fourth-order valence-electron chi connectivity index (χ4n) is 1.90. The van der Waals surface area contributed by atoms with Gasteiger partial charge in [0.05, 0.1) is 12.7 Å². The predicted octanol–water partition coefficient (Wildman–Crippen LogP) is 3.27. The van der Waals surface area contributed by atoms with Crippen LogP contribution >= 0.6 is 0 Å². The highest BCUT2D eigenvalue weighted by atomic mass is 16.5. The molecule has 0 saturated carbocycles. The Hall–Kier alpha value is -3.15. The number of ether oxygens (including phenoxy) is 1. The van der Waals surface area contributed by atoms with Gasteiger partial charge in [-0.25, -0.2) is 4.79 Å². The van der Waals surface area contributed by atoms with E-state index in [9.17, 15) is 4.79 Å². The third kappa shape index (κ3) is 2.95. The second-order valence-corrected chi connectivity index (χ2v) is 4.47. The van der Waals surface area contributed by atoms with E-state index in [1.807, 2.05) is 30.3 Å². The highest BCUT2D eigenvalue weighted by Gasteiger charge is 2.09. The van der Waals surface area contributed by atoms with Crippen molar-refractivity contribution in [3.05, 3.63) is 60.2 Å². The number of hydrogen-bond acceptors (Lipinski definition) is 6. The molecule has 110 valence electrons. The fraction of sp³-hybridized carbons (Fsp3) is 0.0625. The molecule has 0 atom stereocenters. The van der Waals surface area contributed by atoms with Gasteiger partial charge in [-0.05, 0) is 36.4 Å². The predicted molar refractivity (Wildman–Crippen MR) is 80.8 cm³/mol. The second kappa shape index (κ2) is 6.09. The van der Waals surface area contributed by atoms with Crippen LogP contribution in [0, 0.1) is 0 Å². The summed E-state index contributed by atoms with van der Waals surface area (Å²) >= 11 is 0. The number of esters is 1. The molecule has 1 aromatic heterocycles. The van der Waals surface area contributed by atoms with Crippen molar-refractivity contribution in [2.45, 2.75) is 0 Å². The molecule has 3 aromatic rings. The van der Waals surface area contributed by atoms with Crippen molar-refractivity contribution in [1.29, 1.82) is 0 Å². The lowest BCUT2D eigenvalue weighted by molar-refractivity contribution is 0.0601. The number of anilines is 2. The number of carbonyl (C=O) groups excluding carboxylic acids is 1. The molecule has 1 heterocycles. The van der Waals surface area contributed by atoms with E-state index in [2.05, 4.69) is 20.3 Å². The minimum absolute atomic E-state index is 0.282. The van der Waals surface area contributed by atoms with E-state index in [0.29, 0.717) is 11.5 Å². The smallest absolute Gasteiger partial charge is 0.337 e. The standard InChI is InChI=1S/C16H13N3O3/c1-21-15(20)12-7-9-13(10-8-12)17-16-19-18-14(22-16)11-5-3-2-4-6-11/h2-10H,1H3,(H,17,19). The zero-order chi connectivity index (χ0) is 15.4. The van der Waals surface area contributed by atoms with Gasteiger partial charge in [0.1, 0.15) is 0 Å². The first-order valence-electron chi connectivity index (χ1n) is 6.60. The van der Waals surface area contributed by atoms with E-state index in [0.717, 1.165) is 11.3 Å². The summed E-state index contributed by atoms with van der Waals surface area (Å²) in [6.45, 7) is 0. The molecule has 0 amide bonds. The van der Waals surface area contributed by atoms with Gasteiger partial charge in [0.15, 0.2) is 0 Å². The summed E-state index contributed by atoms with van der Waals surface area (Å²) in [6, 6.07) is 16.6. The van der Waals surface area contributed by atoms with Gasteiger partial charge >= 0.3 is 12.0 Å². The van der Waals surface area contributed by atoms with Crippen molar-refractivity contribution < 1.29 is 13.9 Å². The topological polar surface area (TPSA) is 77.2 Å². The van der Waals surface area contributed by atoms with Crippen LogP contribution in [0.15, 0.2) is 59.0 Å². The summed E-state index contributed by atoms with van der Waals surface area (Å²) in [4.78, 5) is 11.4. The molecule has 0 saturated heterocycles. The van der Waals surface area contributed by atoms with Crippen LogP contribution in [0.3, 0.4) is 0 Å². The van der Waals surface area contributed by atoms with Crippen LogP contribution in [0.5, 0.6) is 0 Å². The third-order valence-electron chi connectivity index (χ3n) is 3.00. The van der Waals surface area contributed by atoms with Gasteiger partial charge in [-0.1, -0.05) is 23.3 Å². The highest BCUT2D eigenvalue weighted by Crippen LogP contribution is 2.22. The van der Waals surface area contributed by atoms with Crippen molar-refractivity contribution in [3.8, 4) is 11.5 Å². The monoisotopic (exact) mass is 295 g/mol. The molecule has 2 aromatic carbocycles. The summed E-state index contributed by atoms with van der Waals surface area (Å²) in [7, 11) is 1.35. The molecule has 0 aliphatic rings. The van der Waals surface area contributed by atoms with Crippen LogP contribution in [-0.2, 0) is 4.74 Å². The molecule has 0 aliphatic heterocycles. The molecule has 0 unspecified atom stereocenters. The lowest BCUT2D eigenvalue weighted by atomic mass is 10.2. The number of nitrogens with zero attached hydrogens (tertiary/aromatic N) is 2. The van der Waals surface area contributed by atoms with Crippen molar-refractivity contribution in [2.24, 2.45) is 0 Å². The van der Waals surface area contributed by atoms with E-state index in [-0.39, 0.29) is 12.0 Å². The average molecular weight is 295 g/mol. The molecule has 0 aliphatic carbocycles. The number of hydrogen-bond donors (Lipinski definition) is 1. The van der Waals surface area contributed by atoms with Crippen LogP contribution in [-0.4, -0.2) is 23.3 Å². The highest BCUT2D eigenvalue weighted by molar-refractivity contribution is 5.89. The summed E-state index contributed by atoms with van der Waals surface area (Å²) in [5.74, 6) is 0.0602. The zero-order valence-electron chi connectivity index (χ0n) is 11.8. The molecular formula is C16H13N3O3. The first kappa shape index (κ1) is 13.8. The van der Waals surface area contributed by atoms with Crippen LogP contribution < -0.4 is 5.32 Å². The number of nitrogens with one attached hydrogen (secondary N) is 1. The maximum Gasteiger partial charge on any atom is 0.337 e. The van der Waals surface area contributed by atoms with Gasteiger partial charge in [-0.15, -0.1) is 5.10 Å². The molecule has 3 rings (SSSR count). The minimum Gasteiger partial charge on any atom is -0.465 e. The Kier molecular flexibility index (Phi) is 3.82. The van der Waals surface area contributed by atoms with Crippen molar-refractivity contribution in [1.82, 2.24) is 10.2 Å². The van der Waals surface area contributed by atoms with Gasteiger partial charge in [0, 0.05) is 11.3 Å². The lowest BCUT2D eigenvalue weighted by Crippen LogP contribution is -2.00. The Labute approximate surface area is 126 Å². The molecule has 0 bridgehead atoms. The largest absolute Gasteiger partial charge is 0.465 e. The minimum atomic E-state index is -0.379. The normalized spacial score (nSPS) is 10.2. The van der Waals surface area contributed by atoms with Crippen molar-refractivity contribution in [2.75, 3.05) is 12.4 Å². The van der Waals surface area contributed by atoms with E-state index in [1.54, 1.807) is 24.3 Å². The van der Waals surface area contributed by atoms with E-state index < -0.39 is 0 Å². The SMILES string of the molecule is COC(=O)c1ccc(Nc2nnc(-c3ccccc3)o2)cc1. The van der Waals surface area contributed by atoms with Gasteiger partial charge in [0.25, 0.3) is 0 Å². The Bertz CT molecular complexity index is 767. The lowest BCUT2D eigenvalue weighted by Gasteiger charge is -2.02. The fourth-order valence-corrected chi connectivity index (χ4v) is 1.90. The van der Waals surface area contributed by atoms with Gasteiger partial charge in [-0.2, -0.15) is 0 Å². The van der Waals surface area contributed by atoms with Crippen LogP contribution in [0.2, 0.25) is 0 Å². The molecule has 22 heavy (non-hydrogen) atoms. The summed E-state index contributed by atoms with van der Waals surface area (Å²) in [5, 5.41) is 10.9. The Morgan fingerprint density at radius 2 is 1.77 bits per heavy atom. The van der Waals surface area contributed by atoms with Gasteiger partial charge in [0.2, 0.25) is 5.89 Å². The number of aromatic nitrogens is 2. The molecular weight excluding hydrogens is 282 g/mol. The maximum atomic E-state index is 11.4. The van der Waals surface area contributed by atoms with Crippen LogP contribution in [0.4, 0.5) is 11.7 Å². The summed E-state index contributed by atoms with van der Waals surface area (Å²) in [6.07, 6.45) is 0. The van der Waals surface area contributed by atoms with Crippen molar-refractivity contribution >= 4 is 17.7 Å². The number of carbonyl (C=O) groups is 1. The zero-order valence-corrected chi connectivity index (χ0v) is 11.8. The van der Waals surface area contributed by atoms with E-state index in [1.165, 1.54) is 7.11 Å². The molecule has 0 radical (unpaired) electrons.